The lowest BCUT2D eigenvalue weighted by Crippen LogP contribution is -2.40. The predicted molar refractivity (Wildman–Crippen MR) is 111 cm³/mol. The number of benzene rings is 1. The van der Waals surface area contributed by atoms with Crippen LogP contribution in [-0.4, -0.2) is 35.8 Å². The van der Waals surface area contributed by atoms with Gasteiger partial charge in [0.15, 0.2) is 4.47 Å². The number of hydrogen-bond acceptors (Lipinski definition) is 6. The largest absolute Gasteiger partial charge is 0.444 e. The Labute approximate surface area is 168 Å². The van der Waals surface area contributed by atoms with E-state index in [1.54, 1.807) is 6.20 Å². The van der Waals surface area contributed by atoms with Crippen LogP contribution in [0, 0.1) is 0 Å². The van der Waals surface area contributed by atoms with Crippen molar-refractivity contribution in [3.63, 3.8) is 0 Å². The minimum Gasteiger partial charge on any atom is -0.444 e. The van der Waals surface area contributed by atoms with Crippen LogP contribution in [0.15, 0.2) is 30.5 Å². The monoisotopic (exact) mass is 408 g/mol. The van der Waals surface area contributed by atoms with Gasteiger partial charge in [0.1, 0.15) is 5.60 Å². The lowest BCUT2D eigenvalue weighted by atomic mass is 10.2. The van der Waals surface area contributed by atoms with E-state index in [0.717, 1.165) is 35.8 Å². The Bertz CT molecular complexity index is 790. The zero-order chi connectivity index (χ0) is 19.4. The summed E-state index contributed by atoms with van der Waals surface area (Å²) in [5.41, 5.74) is 1.69. The second-order valence-corrected chi connectivity index (χ2v) is 9.23. The molecule has 1 atom stereocenters. The lowest BCUT2D eigenvalue weighted by Gasteiger charge is -2.24. The van der Waals surface area contributed by atoms with Gasteiger partial charge in [0.05, 0.1) is 24.0 Å². The average molecular weight is 409 g/mol. The number of hydrogen-bond donors (Lipinski definition) is 2. The molecule has 2 N–H and O–H groups in total. The van der Waals surface area contributed by atoms with Gasteiger partial charge in [-0.2, -0.15) is 0 Å². The van der Waals surface area contributed by atoms with Crippen molar-refractivity contribution >= 4 is 40.4 Å². The van der Waals surface area contributed by atoms with Gasteiger partial charge in [0.2, 0.25) is 0 Å². The van der Waals surface area contributed by atoms with Crippen LogP contribution in [0.3, 0.4) is 0 Å². The molecule has 0 radical (unpaired) electrons. The van der Waals surface area contributed by atoms with Crippen LogP contribution in [0.1, 0.15) is 32.1 Å². The first-order chi connectivity index (χ1) is 12.8. The molecule has 1 amide bonds. The number of anilines is 2. The molecule has 0 bridgehead atoms. The molecule has 1 saturated heterocycles. The first-order valence-corrected chi connectivity index (χ1v) is 10.2. The van der Waals surface area contributed by atoms with Crippen molar-refractivity contribution in [2.75, 3.05) is 23.3 Å². The molecule has 2 aromatic rings. The smallest absolute Gasteiger partial charge is 0.407 e. The molecule has 1 aliphatic heterocycles. The van der Waals surface area contributed by atoms with Gasteiger partial charge in [-0.25, -0.2) is 9.78 Å². The predicted octanol–water partition coefficient (Wildman–Crippen LogP) is 4.51. The van der Waals surface area contributed by atoms with Crippen LogP contribution in [-0.2, 0) is 11.3 Å². The molecule has 2 heterocycles. The van der Waals surface area contributed by atoms with Gasteiger partial charge in [0, 0.05) is 24.2 Å². The first kappa shape index (κ1) is 19.8. The van der Waals surface area contributed by atoms with Crippen molar-refractivity contribution in [2.24, 2.45) is 0 Å². The molecule has 0 aliphatic carbocycles. The summed E-state index contributed by atoms with van der Waals surface area (Å²) in [5.74, 6) is 0. The van der Waals surface area contributed by atoms with Gasteiger partial charge in [-0.05, 0) is 39.3 Å². The molecule has 6 nitrogen and oxygen atoms in total. The highest BCUT2D eigenvalue weighted by molar-refractivity contribution is 7.15. The maximum absolute atomic E-state index is 12.0. The minimum atomic E-state index is -0.488. The number of aromatic nitrogens is 1. The average Bonchev–Trinajstić information content (AvgIpc) is 3.20. The number of halogens is 1. The van der Waals surface area contributed by atoms with E-state index in [1.807, 2.05) is 32.9 Å². The van der Waals surface area contributed by atoms with Gasteiger partial charge >= 0.3 is 6.09 Å². The summed E-state index contributed by atoms with van der Waals surface area (Å²) in [7, 11) is 0. The van der Waals surface area contributed by atoms with E-state index in [0.29, 0.717) is 11.0 Å². The van der Waals surface area contributed by atoms with Crippen molar-refractivity contribution in [3.8, 4) is 0 Å². The summed E-state index contributed by atoms with van der Waals surface area (Å²) in [6, 6.07) is 8.27. The Hall–Kier alpha value is -1.99. The van der Waals surface area contributed by atoms with Gasteiger partial charge < -0.3 is 20.3 Å². The van der Waals surface area contributed by atoms with Crippen molar-refractivity contribution < 1.29 is 9.53 Å². The molecule has 0 saturated carbocycles. The van der Waals surface area contributed by atoms with E-state index in [2.05, 4.69) is 32.7 Å². The Morgan fingerprint density at radius 2 is 2.19 bits per heavy atom. The van der Waals surface area contributed by atoms with Crippen LogP contribution in [0.25, 0.3) is 0 Å². The Kier molecular flexibility index (Phi) is 6.11. The lowest BCUT2D eigenvalue weighted by molar-refractivity contribution is 0.0509. The quantitative estimate of drug-likeness (QED) is 0.761. The van der Waals surface area contributed by atoms with Gasteiger partial charge in [-0.1, -0.05) is 23.7 Å². The molecule has 1 aliphatic rings. The highest BCUT2D eigenvalue weighted by Crippen LogP contribution is 2.30. The Morgan fingerprint density at radius 1 is 1.41 bits per heavy atom. The summed E-state index contributed by atoms with van der Waals surface area (Å²) in [6.45, 7) is 7.91. The number of nitrogens with zero attached hydrogens (tertiary/aromatic N) is 2. The Balaban J connectivity index is 1.59. The van der Waals surface area contributed by atoms with Crippen LogP contribution in [0.2, 0.25) is 4.47 Å². The highest BCUT2D eigenvalue weighted by atomic mass is 35.5. The second-order valence-electron chi connectivity index (χ2n) is 7.53. The normalized spacial score (nSPS) is 17.0. The molecule has 1 unspecified atom stereocenters. The molecule has 1 fully saturated rings. The Morgan fingerprint density at radius 3 is 2.89 bits per heavy atom. The fraction of sp³-hybridized carbons (Fsp3) is 0.474. The molecule has 3 rings (SSSR count). The minimum absolute atomic E-state index is 0.0770. The third-order valence-corrected chi connectivity index (χ3v) is 5.25. The van der Waals surface area contributed by atoms with Crippen LogP contribution < -0.4 is 15.5 Å². The van der Waals surface area contributed by atoms with Gasteiger partial charge in [0.25, 0.3) is 0 Å². The van der Waals surface area contributed by atoms with Crippen molar-refractivity contribution in [1.82, 2.24) is 10.3 Å². The van der Waals surface area contributed by atoms with Crippen molar-refractivity contribution in [3.05, 3.63) is 39.8 Å². The first-order valence-electron chi connectivity index (χ1n) is 8.98. The maximum atomic E-state index is 12.0. The van der Waals surface area contributed by atoms with Crippen molar-refractivity contribution in [2.45, 2.75) is 45.4 Å². The van der Waals surface area contributed by atoms with E-state index in [1.165, 1.54) is 11.3 Å². The number of ether oxygens (including phenoxy) is 1. The van der Waals surface area contributed by atoms with Crippen LogP contribution in [0.4, 0.5) is 16.2 Å². The molecular formula is C19H25ClN4O2S. The molecule has 1 aromatic heterocycles. The van der Waals surface area contributed by atoms with Crippen LogP contribution >= 0.6 is 22.9 Å². The fourth-order valence-electron chi connectivity index (χ4n) is 3.02. The summed E-state index contributed by atoms with van der Waals surface area (Å²) in [5, 5.41) is 6.44. The third-order valence-electron chi connectivity index (χ3n) is 4.13. The fourth-order valence-corrected chi connectivity index (χ4v) is 3.94. The molecular weight excluding hydrogens is 384 g/mol. The maximum Gasteiger partial charge on any atom is 0.407 e. The summed E-state index contributed by atoms with van der Waals surface area (Å²) >= 11 is 7.37. The molecule has 146 valence electrons. The number of amides is 1. The molecule has 27 heavy (non-hydrogen) atoms. The van der Waals surface area contributed by atoms with Gasteiger partial charge in [-0.3, -0.25) is 0 Å². The van der Waals surface area contributed by atoms with E-state index < -0.39 is 5.60 Å². The summed E-state index contributed by atoms with van der Waals surface area (Å²) in [4.78, 5) is 19.4. The summed E-state index contributed by atoms with van der Waals surface area (Å²) in [6.07, 6.45) is 2.32. The second kappa shape index (κ2) is 8.35. The molecule has 0 spiro atoms. The molecule has 1 aromatic carbocycles. The standard InChI is InChI=1S/C19H25ClN4O2S/c1-19(2,3)26-18(25)23-13-8-9-24(12-13)16-7-5-4-6-15(16)21-10-14-11-22-17(20)27-14/h4-7,11,13,21H,8-10,12H2,1-3H3,(H,23,25). The van der Waals surface area contributed by atoms with E-state index >= 15 is 0 Å². The summed E-state index contributed by atoms with van der Waals surface area (Å²) < 4.78 is 5.91. The SMILES string of the molecule is CC(C)(C)OC(=O)NC1CCN(c2ccccc2NCc2cnc(Cl)s2)C1. The van der Waals surface area contributed by atoms with E-state index in [-0.39, 0.29) is 12.1 Å². The van der Waals surface area contributed by atoms with Crippen LogP contribution in [0.5, 0.6) is 0 Å². The third kappa shape index (κ3) is 5.74. The molecule has 8 heteroatoms. The topological polar surface area (TPSA) is 66.5 Å². The number of nitrogens with one attached hydrogen (secondary N) is 2. The van der Waals surface area contributed by atoms with E-state index in [4.69, 9.17) is 16.3 Å². The zero-order valence-corrected chi connectivity index (χ0v) is 17.4. The van der Waals surface area contributed by atoms with Crippen molar-refractivity contribution in [1.29, 1.82) is 0 Å². The highest BCUT2D eigenvalue weighted by Gasteiger charge is 2.27. The van der Waals surface area contributed by atoms with Gasteiger partial charge in [-0.15, -0.1) is 11.3 Å². The number of carbonyl (C=O) groups excluding carboxylic acids is 1. The number of para-hydroxylation sites is 2. The zero-order valence-electron chi connectivity index (χ0n) is 15.8. The number of alkyl carbamates (subject to hydrolysis) is 1. The number of carbonyl (C=O) groups is 1. The van der Waals surface area contributed by atoms with E-state index in [9.17, 15) is 4.79 Å². The number of thiazole rings is 1. The number of rotatable bonds is 5.